The maximum absolute atomic E-state index is 12.4. The Kier molecular flexibility index (Phi) is 14.9. The third-order valence-corrected chi connectivity index (χ3v) is 6.11. The molecule has 3 unspecified atom stereocenters. The van der Waals surface area contributed by atoms with Gasteiger partial charge < -0.3 is 5.73 Å². The summed E-state index contributed by atoms with van der Waals surface area (Å²) in [4.78, 5) is 23.7. The molecule has 2 aliphatic rings. The van der Waals surface area contributed by atoms with Crippen molar-refractivity contribution in [2.75, 3.05) is 0 Å². The number of ketones is 1. The van der Waals surface area contributed by atoms with Gasteiger partial charge in [0.15, 0.2) is 0 Å². The van der Waals surface area contributed by atoms with Gasteiger partial charge >= 0.3 is 0 Å². The number of carbonyl (C=O) groups excluding carboxylic acids is 2. The van der Waals surface area contributed by atoms with Gasteiger partial charge in [-0.3, -0.25) is 9.59 Å². The van der Waals surface area contributed by atoms with E-state index in [1.165, 1.54) is 16.7 Å². The van der Waals surface area contributed by atoms with Crippen molar-refractivity contribution in [2.45, 2.75) is 93.9 Å². The van der Waals surface area contributed by atoms with Crippen molar-refractivity contribution in [3.05, 3.63) is 47.0 Å². The lowest BCUT2D eigenvalue weighted by molar-refractivity contribution is -0.124. The summed E-state index contributed by atoms with van der Waals surface area (Å²) in [5.41, 5.74) is 9.35. The SMILES string of the molecule is CC.CC.CC.CC(C(=O)CCCc1ccc2c(c1)CCC(C(N)=O)C2)C(C)C1C=C1.[HH]. The van der Waals surface area contributed by atoms with Crippen LogP contribution in [0.1, 0.15) is 92.8 Å². The molecule has 3 rings (SSSR count). The number of hydrogen-bond donors (Lipinski definition) is 1. The molecule has 0 spiro atoms. The summed E-state index contributed by atoms with van der Waals surface area (Å²) >= 11 is 0. The van der Waals surface area contributed by atoms with Gasteiger partial charge in [0.25, 0.3) is 0 Å². The van der Waals surface area contributed by atoms with Gasteiger partial charge in [-0.2, -0.15) is 0 Å². The Morgan fingerprint density at radius 1 is 1.03 bits per heavy atom. The highest BCUT2D eigenvalue weighted by Crippen LogP contribution is 2.32. The second kappa shape index (κ2) is 15.8. The largest absolute Gasteiger partial charge is 0.369 e. The maximum atomic E-state index is 12.4. The summed E-state index contributed by atoms with van der Waals surface area (Å²) in [5, 5.41) is 0. The Balaban J connectivity index is 0. The molecule has 2 N–H and O–H groups in total. The number of benzene rings is 1. The van der Waals surface area contributed by atoms with Gasteiger partial charge in [0.1, 0.15) is 5.78 Å². The van der Waals surface area contributed by atoms with Gasteiger partial charge in [-0.25, -0.2) is 0 Å². The first-order chi connectivity index (χ1) is 15.0. The fourth-order valence-corrected chi connectivity index (χ4v) is 3.94. The molecule has 0 fully saturated rings. The molecule has 1 aromatic carbocycles. The van der Waals surface area contributed by atoms with Crippen molar-refractivity contribution in [3.63, 3.8) is 0 Å². The Bertz CT molecular complexity index is 693. The van der Waals surface area contributed by atoms with Crippen molar-refractivity contribution < 1.29 is 11.0 Å². The third-order valence-electron chi connectivity index (χ3n) is 6.11. The van der Waals surface area contributed by atoms with Crippen LogP contribution in [0.4, 0.5) is 0 Å². The van der Waals surface area contributed by atoms with Crippen LogP contribution in [0.15, 0.2) is 30.4 Å². The molecule has 0 saturated carbocycles. The van der Waals surface area contributed by atoms with Crippen LogP contribution in [-0.2, 0) is 28.9 Å². The molecule has 1 amide bonds. The minimum Gasteiger partial charge on any atom is -0.369 e. The fraction of sp³-hybridized carbons (Fsp3) is 0.643. The van der Waals surface area contributed by atoms with Crippen LogP contribution < -0.4 is 5.73 Å². The summed E-state index contributed by atoms with van der Waals surface area (Å²) in [6, 6.07) is 6.55. The van der Waals surface area contributed by atoms with E-state index >= 15 is 0 Å². The van der Waals surface area contributed by atoms with Crippen LogP contribution in [0.5, 0.6) is 0 Å². The molecule has 31 heavy (non-hydrogen) atoms. The Hall–Kier alpha value is -1.90. The van der Waals surface area contributed by atoms with Crippen molar-refractivity contribution in [2.24, 2.45) is 29.4 Å². The minimum atomic E-state index is -0.182. The maximum Gasteiger partial charge on any atom is 0.220 e. The van der Waals surface area contributed by atoms with Gasteiger partial charge in [0.05, 0.1) is 0 Å². The average molecular weight is 432 g/mol. The van der Waals surface area contributed by atoms with Gasteiger partial charge in [0, 0.05) is 19.7 Å². The van der Waals surface area contributed by atoms with Crippen LogP contribution in [0, 0.1) is 23.7 Å². The molecule has 0 saturated heterocycles. The van der Waals surface area contributed by atoms with E-state index in [2.05, 4.69) is 44.2 Å². The number of fused-ring (bicyclic) bond motifs is 1. The van der Waals surface area contributed by atoms with Crippen LogP contribution in [0.25, 0.3) is 0 Å². The van der Waals surface area contributed by atoms with E-state index in [0.717, 1.165) is 32.1 Å². The van der Waals surface area contributed by atoms with Crippen LogP contribution in [0.3, 0.4) is 0 Å². The molecule has 0 bridgehead atoms. The first kappa shape index (κ1) is 29.1. The monoisotopic (exact) mass is 431 g/mol. The molecule has 3 atom stereocenters. The number of carbonyl (C=O) groups is 2. The smallest absolute Gasteiger partial charge is 0.220 e. The molecule has 0 heterocycles. The highest BCUT2D eigenvalue weighted by Gasteiger charge is 2.28. The van der Waals surface area contributed by atoms with Crippen LogP contribution in [-0.4, -0.2) is 11.7 Å². The zero-order valence-electron chi connectivity index (χ0n) is 21.3. The molecule has 1 aromatic rings. The summed E-state index contributed by atoms with van der Waals surface area (Å²) in [6.45, 7) is 16.2. The molecule has 0 radical (unpaired) electrons. The first-order valence-electron chi connectivity index (χ1n) is 12.6. The summed E-state index contributed by atoms with van der Waals surface area (Å²) in [7, 11) is 0. The molecular formula is C28H49NO2. The predicted octanol–water partition coefficient (Wildman–Crippen LogP) is 6.95. The van der Waals surface area contributed by atoms with Gasteiger partial charge in [-0.1, -0.05) is 85.7 Å². The van der Waals surface area contributed by atoms with E-state index in [1.807, 2.05) is 41.5 Å². The van der Waals surface area contributed by atoms with Crippen molar-refractivity contribution >= 4 is 11.7 Å². The summed E-state index contributed by atoms with van der Waals surface area (Å²) in [5.74, 6) is 1.33. The number of Topliss-reactive ketones (excluding diaryl/α,β-unsaturated/α-hetero) is 1. The zero-order valence-corrected chi connectivity index (χ0v) is 21.3. The van der Waals surface area contributed by atoms with Gasteiger partial charge in [0.2, 0.25) is 5.91 Å². The Morgan fingerprint density at radius 3 is 2.19 bits per heavy atom. The van der Waals surface area contributed by atoms with Crippen LogP contribution >= 0.6 is 0 Å². The van der Waals surface area contributed by atoms with Gasteiger partial charge in [-0.05, 0) is 60.6 Å². The number of allylic oxidation sites excluding steroid dienone is 2. The Morgan fingerprint density at radius 2 is 1.65 bits per heavy atom. The lowest BCUT2D eigenvalue weighted by atomic mass is 9.82. The second-order valence-corrected chi connectivity index (χ2v) is 7.88. The third kappa shape index (κ3) is 9.41. The second-order valence-electron chi connectivity index (χ2n) is 7.88. The number of hydrogen-bond acceptors (Lipinski definition) is 2. The summed E-state index contributed by atoms with van der Waals surface area (Å²) < 4.78 is 0. The lowest BCUT2D eigenvalue weighted by Gasteiger charge is -2.23. The van der Waals surface area contributed by atoms with Crippen molar-refractivity contribution in [3.8, 4) is 0 Å². The average Bonchev–Trinajstić information content (AvgIpc) is 3.67. The Labute approximate surface area is 193 Å². The standard InChI is InChI=1S/C22H29NO2.3C2H6.H2/c1-14(17-8-9-17)15(2)21(24)5-3-4-16-6-7-19-13-20(22(23)25)11-10-18(19)12-16;3*1-2;/h6-9,12,14-15,17,20H,3-5,10-11,13H2,1-2H3,(H2,23,25);3*1-2H3;1H. The van der Waals surface area contributed by atoms with Crippen LogP contribution in [0.2, 0.25) is 0 Å². The normalized spacial score (nSPS) is 17.9. The minimum absolute atomic E-state index is 0. The van der Waals surface area contributed by atoms with Crippen molar-refractivity contribution in [1.82, 2.24) is 0 Å². The number of aryl methyl sites for hydroxylation is 2. The lowest BCUT2D eigenvalue weighted by Crippen LogP contribution is -2.28. The molecule has 0 aromatic heterocycles. The molecule has 3 heteroatoms. The number of primary amides is 1. The van der Waals surface area contributed by atoms with E-state index in [4.69, 9.17) is 5.73 Å². The highest BCUT2D eigenvalue weighted by molar-refractivity contribution is 5.81. The number of amides is 1. The van der Waals surface area contributed by atoms with E-state index < -0.39 is 0 Å². The molecule has 0 aliphatic heterocycles. The first-order valence-corrected chi connectivity index (χ1v) is 12.6. The number of rotatable bonds is 8. The molecular weight excluding hydrogens is 382 g/mol. The molecule has 3 nitrogen and oxygen atoms in total. The van der Waals surface area contributed by atoms with E-state index in [0.29, 0.717) is 24.0 Å². The highest BCUT2D eigenvalue weighted by atomic mass is 16.1. The zero-order chi connectivity index (χ0) is 24.0. The topological polar surface area (TPSA) is 60.2 Å². The summed E-state index contributed by atoms with van der Waals surface area (Å²) in [6.07, 6.45) is 9.45. The molecule has 2 aliphatic carbocycles. The van der Waals surface area contributed by atoms with Crippen molar-refractivity contribution in [1.29, 1.82) is 0 Å². The fourth-order valence-electron chi connectivity index (χ4n) is 3.94. The predicted molar refractivity (Wildman–Crippen MR) is 136 cm³/mol. The van der Waals surface area contributed by atoms with E-state index in [-0.39, 0.29) is 19.2 Å². The molecule has 178 valence electrons. The number of nitrogens with two attached hydrogens (primary N) is 1. The quantitative estimate of drug-likeness (QED) is 0.453. The van der Waals surface area contributed by atoms with Gasteiger partial charge in [-0.15, -0.1) is 0 Å². The van der Waals surface area contributed by atoms with E-state index in [1.54, 1.807) is 0 Å². The van der Waals surface area contributed by atoms with E-state index in [9.17, 15) is 9.59 Å².